The molecular weight excluding hydrogens is 263 g/mol. The largest absolute Gasteiger partial charge is 0.272 e. The lowest BCUT2D eigenvalue weighted by Gasteiger charge is -2.18. The molecule has 2 nitrogen and oxygen atoms in total. The molecule has 0 fully saturated rings. The molecule has 0 N–H and O–H groups in total. The van der Waals surface area contributed by atoms with Crippen LogP contribution >= 0.6 is 7.92 Å². The van der Waals surface area contributed by atoms with E-state index in [9.17, 15) is 0 Å². The fourth-order valence-electron chi connectivity index (χ4n) is 2.26. The monoisotopic (exact) mass is 280 g/mol. The summed E-state index contributed by atoms with van der Waals surface area (Å²) in [6.45, 7) is 0.961. The van der Waals surface area contributed by atoms with Crippen LogP contribution in [0.1, 0.15) is 0 Å². The van der Waals surface area contributed by atoms with Crippen molar-refractivity contribution in [2.24, 2.45) is 0 Å². The molecule has 0 aliphatic rings. The fraction of sp³-hybridized carbons (Fsp3) is 0.118. The van der Waals surface area contributed by atoms with Crippen molar-refractivity contribution in [1.82, 2.24) is 9.78 Å². The average molecular weight is 280 g/mol. The molecule has 0 aliphatic carbocycles. The molecule has 0 aliphatic heterocycles. The van der Waals surface area contributed by atoms with Crippen molar-refractivity contribution in [3.05, 3.63) is 79.1 Å². The van der Waals surface area contributed by atoms with Gasteiger partial charge in [0.05, 0.1) is 0 Å². The third-order valence-electron chi connectivity index (χ3n) is 3.25. The number of nitrogens with zero attached hydrogens (tertiary/aromatic N) is 2. The van der Waals surface area contributed by atoms with Crippen molar-refractivity contribution in [1.29, 1.82) is 0 Å². The molecule has 0 bridgehead atoms. The van der Waals surface area contributed by atoms with E-state index in [-0.39, 0.29) is 7.92 Å². The molecule has 0 spiro atoms. The Morgan fingerprint density at radius 1 is 0.800 bits per heavy atom. The van der Waals surface area contributed by atoms with Crippen LogP contribution in [0, 0.1) is 0 Å². The van der Waals surface area contributed by atoms with Gasteiger partial charge in [0, 0.05) is 18.9 Å². The lowest BCUT2D eigenvalue weighted by atomic mass is 10.4. The first kappa shape index (κ1) is 13.1. The van der Waals surface area contributed by atoms with Gasteiger partial charge in [0.2, 0.25) is 0 Å². The molecule has 0 radical (unpaired) electrons. The zero-order chi connectivity index (χ0) is 13.6. The van der Waals surface area contributed by atoms with E-state index in [1.165, 1.54) is 10.6 Å². The molecule has 3 heteroatoms. The maximum atomic E-state index is 4.30. The van der Waals surface area contributed by atoms with E-state index in [2.05, 4.69) is 65.8 Å². The summed E-state index contributed by atoms with van der Waals surface area (Å²) in [6.07, 6.45) is 4.99. The zero-order valence-corrected chi connectivity index (χ0v) is 12.2. The summed E-state index contributed by atoms with van der Waals surface area (Å²) in [5.74, 6) is 0. The highest BCUT2D eigenvalue weighted by Crippen LogP contribution is 2.33. The summed E-state index contributed by atoms with van der Waals surface area (Å²) in [6, 6.07) is 23.6. The number of hydrogen-bond acceptors (Lipinski definition) is 1. The first-order valence-corrected chi connectivity index (χ1v) is 8.31. The summed E-state index contributed by atoms with van der Waals surface area (Å²) in [5.41, 5.74) is 0. The van der Waals surface area contributed by atoms with Crippen LogP contribution in [0.3, 0.4) is 0 Å². The molecule has 20 heavy (non-hydrogen) atoms. The van der Waals surface area contributed by atoms with Gasteiger partial charge in [-0.25, -0.2) is 0 Å². The Labute approximate surface area is 120 Å². The number of aryl methyl sites for hydroxylation is 1. The Balaban J connectivity index is 1.84. The van der Waals surface area contributed by atoms with Crippen molar-refractivity contribution in [3.63, 3.8) is 0 Å². The average Bonchev–Trinajstić information content (AvgIpc) is 3.03. The number of hydrogen-bond donors (Lipinski definition) is 0. The highest BCUT2D eigenvalue weighted by atomic mass is 31.1. The van der Waals surface area contributed by atoms with E-state index < -0.39 is 0 Å². The van der Waals surface area contributed by atoms with Gasteiger partial charge >= 0.3 is 0 Å². The second-order valence-corrected chi connectivity index (χ2v) is 6.93. The van der Waals surface area contributed by atoms with Gasteiger partial charge in [0.1, 0.15) is 0 Å². The number of rotatable bonds is 5. The van der Waals surface area contributed by atoms with Gasteiger partial charge in [-0.15, -0.1) is 0 Å². The maximum Gasteiger partial charge on any atom is 0.0489 e. The Morgan fingerprint density at radius 2 is 1.40 bits per heavy atom. The van der Waals surface area contributed by atoms with Gasteiger partial charge in [0.15, 0.2) is 0 Å². The van der Waals surface area contributed by atoms with Crippen molar-refractivity contribution < 1.29 is 0 Å². The summed E-state index contributed by atoms with van der Waals surface area (Å²) >= 11 is 0. The van der Waals surface area contributed by atoms with Crippen LogP contribution in [0.5, 0.6) is 0 Å². The number of aromatic nitrogens is 2. The quantitative estimate of drug-likeness (QED) is 0.657. The van der Waals surface area contributed by atoms with Gasteiger partial charge in [-0.2, -0.15) is 5.10 Å². The third-order valence-corrected chi connectivity index (χ3v) is 5.74. The van der Waals surface area contributed by atoms with Gasteiger partial charge < -0.3 is 0 Å². The van der Waals surface area contributed by atoms with Crippen LogP contribution in [0.2, 0.25) is 0 Å². The molecule has 0 saturated carbocycles. The van der Waals surface area contributed by atoms with E-state index in [1.807, 2.05) is 23.1 Å². The van der Waals surface area contributed by atoms with Gasteiger partial charge in [-0.05, 0) is 30.8 Å². The smallest absolute Gasteiger partial charge is 0.0489 e. The molecule has 0 saturated heterocycles. The normalized spacial score (nSPS) is 10.8. The van der Waals surface area contributed by atoms with Crippen LogP contribution in [0.15, 0.2) is 79.1 Å². The maximum absolute atomic E-state index is 4.30. The minimum absolute atomic E-state index is 0.316. The zero-order valence-electron chi connectivity index (χ0n) is 11.3. The summed E-state index contributed by atoms with van der Waals surface area (Å²) < 4.78 is 2.02. The molecule has 100 valence electrons. The minimum Gasteiger partial charge on any atom is -0.272 e. The molecule has 1 aromatic heterocycles. The molecule has 3 rings (SSSR count). The van der Waals surface area contributed by atoms with E-state index in [4.69, 9.17) is 0 Å². The van der Waals surface area contributed by atoms with Gasteiger partial charge in [-0.1, -0.05) is 60.7 Å². The van der Waals surface area contributed by atoms with Crippen molar-refractivity contribution in [2.45, 2.75) is 6.54 Å². The molecular formula is C17H17N2P. The Bertz CT molecular complexity index is 581. The van der Waals surface area contributed by atoms with Crippen LogP contribution < -0.4 is 10.6 Å². The highest BCUT2D eigenvalue weighted by molar-refractivity contribution is 7.73. The van der Waals surface area contributed by atoms with E-state index >= 15 is 0 Å². The fourth-order valence-corrected chi connectivity index (χ4v) is 4.54. The van der Waals surface area contributed by atoms with E-state index in [1.54, 1.807) is 0 Å². The molecule has 0 atom stereocenters. The van der Waals surface area contributed by atoms with E-state index in [0.717, 1.165) is 12.7 Å². The van der Waals surface area contributed by atoms with Crippen molar-refractivity contribution in [2.75, 3.05) is 6.16 Å². The van der Waals surface area contributed by atoms with Gasteiger partial charge in [-0.3, -0.25) is 4.68 Å². The Kier molecular flexibility index (Phi) is 4.25. The van der Waals surface area contributed by atoms with Crippen LogP contribution in [-0.4, -0.2) is 15.9 Å². The first-order chi connectivity index (χ1) is 9.93. The predicted molar refractivity (Wildman–Crippen MR) is 86.2 cm³/mol. The molecule has 1 heterocycles. The lowest BCUT2D eigenvalue weighted by molar-refractivity contribution is 0.665. The minimum atomic E-state index is -0.316. The molecule has 2 aromatic carbocycles. The number of benzene rings is 2. The summed E-state index contributed by atoms with van der Waals surface area (Å²) in [7, 11) is -0.316. The second-order valence-electron chi connectivity index (χ2n) is 4.59. The SMILES string of the molecule is c1ccc(P(CCn2cccn2)c2ccccc2)cc1. The molecule has 0 amide bonds. The standard InChI is InChI=1S/C17H17N2P/c1-3-8-16(9-4-1)20(17-10-5-2-6-11-17)15-14-19-13-7-12-18-19/h1-13H,14-15H2. The van der Waals surface area contributed by atoms with Crippen LogP contribution in [0.4, 0.5) is 0 Å². The summed E-state index contributed by atoms with van der Waals surface area (Å²) in [4.78, 5) is 0. The van der Waals surface area contributed by atoms with Gasteiger partial charge in [0.25, 0.3) is 0 Å². The third kappa shape index (κ3) is 3.15. The van der Waals surface area contributed by atoms with Crippen LogP contribution in [0.25, 0.3) is 0 Å². The molecule has 3 aromatic rings. The second kappa shape index (κ2) is 6.49. The Hall–Kier alpha value is -1.92. The first-order valence-electron chi connectivity index (χ1n) is 6.78. The lowest BCUT2D eigenvalue weighted by Crippen LogP contribution is -2.16. The predicted octanol–water partition coefficient (Wildman–Crippen LogP) is 3.02. The Morgan fingerprint density at radius 3 is 1.90 bits per heavy atom. The topological polar surface area (TPSA) is 17.8 Å². The highest BCUT2D eigenvalue weighted by Gasteiger charge is 2.13. The van der Waals surface area contributed by atoms with Crippen molar-refractivity contribution >= 4 is 18.5 Å². The summed E-state index contributed by atoms with van der Waals surface area (Å²) in [5, 5.41) is 7.17. The van der Waals surface area contributed by atoms with E-state index in [0.29, 0.717) is 0 Å². The molecule has 0 unspecified atom stereocenters. The van der Waals surface area contributed by atoms with Crippen molar-refractivity contribution in [3.8, 4) is 0 Å². The van der Waals surface area contributed by atoms with Crippen LogP contribution in [-0.2, 0) is 6.54 Å².